The maximum atomic E-state index is 15.0. The van der Waals surface area contributed by atoms with Gasteiger partial charge in [-0.05, 0) is 53.6 Å². The average Bonchev–Trinajstić information content (AvgIpc) is 3.10. The van der Waals surface area contributed by atoms with Crippen LogP contribution in [0, 0.1) is 11.6 Å². The molecule has 0 saturated carbocycles. The van der Waals surface area contributed by atoms with Crippen LogP contribution < -0.4 is 0 Å². The van der Waals surface area contributed by atoms with Gasteiger partial charge in [-0.15, -0.1) is 0 Å². The molecule has 0 saturated heterocycles. The van der Waals surface area contributed by atoms with E-state index in [0.29, 0.717) is 22.2 Å². The summed E-state index contributed by atoms with van der Waals surface area (Å²) in [6, 6.07) is 11.8. The summed E-state index contributed by atoms with van der Waals surface area (Å²) in [4.78, 5) is 22.1. The highest BCUT2D eigenvalue weighted by Crippen LogP contribution is 2.31. The first kappa shape index (κ1) is 17.0. The Hall–Kier alpha value is -3.71. The van der Waals surface area contributed by atoms with Crippen molar-refractivity contribution in [2.24, 2.45) is 0 Å². The molecule has 7 heteroatoms. The Morgan fingerprint density at radius 1 is 1.03 bits per heavy atom. The predicted molar refractivity (Wildman–Crippen MR) is 111 cm³/mol. The number of amides is 1. The maximum Gasteiger partial charge on any atom is 0.256 e. The molecule has 0 bridgehead atoms. The highest BCUT2D eigenvalue weighted by Gasteiger charge is 2.29. The average molecular weight is 419 g/mol. The summed E-state index contributed by atoms with van der Waals surface area (Å²) >= 11 is 0. The van der Waals surface area contributed by atoms with Crippen LogP contribution >= 0.6 is 0 Å². The van der Waals surface area contributed by atoms with Crippen molar-refractivity contribution in [1.82, 2.24) is 14.9 Å². The molecule has 3 heterocycles. The second-order valence-corrected chi connectivity index (χ2v) is 7.29. The lowest BCUT2D eigenvalue weighted by atomic mass is 9.98. The molecular formula is C24H17F2N3O2. The first-order valence-corrected chi connectivity index (χ1v) is 9.55. The minimum Gasteiger partial charge on any atom is -0.392 e. The van der Waals surface area contributed by atoms with E-state index in [1.54, 1.807) is 36.5 Å². The topological polar surface area (TPSA) is 66.3 Å². The fraction of sp³-hybridized carbons (Fsp3) is 0.125. The normalized spacial score (nSPS) is 14.5. The fourth-order valence-corrected chi connectivity index (χ4v) is 3.87. The summed E-state index contributed by atoms with van der Waals surface area (Å²) in [6.07, 6.45) is 3.03. The van der Waals surface area contributed by atoms with Crippen molar-refractivity contribution in [3.05, 3.63) is 94.9 Å². The summed E-state index contributed by atoms with van der Waals surface area (Å²) in [7, 11) is 0. The summed E-state index contributed by atoms with van der Waals surface area (Å²) in [6.45, 7) is -2.78. The Kier molecular flexibility index (Phi) is 4.13. The molecule has 5 nitrogen and oxygen atoms in total. The number of aromatic nitrogens is 2. The third kappa shape index (κ3) is 3.33. The van der Waals surface area contributed by atoms with Gasteiger partial charge in [0.15, 0.2) is 0 Å². The third-order valence-electron chi connectivity index (χ3n) is 5.40. The van der Waals surface area contributed by atoms with Crippen molar-refractivity contribution >= 4 is 16.8 Å². The molecule has 2 aromatic carbocycles. The standard InChI is InChI=1S/C24H17F2N3O2/c25-20-9-16(15-7-14-3-1-6-28-23(14)17(8-15)13-30)10-21(26)19(20)11-29-12-22-18(24(29)31)4-2-5-27-22/h1-10,30H,11-13H2/i13D2. The molecule has 5 rings (SSSR count). The minimum atomic E-state index is -2.70. The SMILES string of the molecule is [2H]C([2H])(O)c1cc(-c2cc(F)c(CN3Cc4ncccc4C3=O)c(F)c2)cc2cccnc12. The fourth-order valence-electron chi connectivity index (χ4n) is 3.87. The molecule has 0 radical (unpaired) electrons. The van der Waals surface area contributed by atoms with Crippen LogP contribution in [-0.2, 0) is 19.6 Å². The van der Waals surface area contributed by atoms with E-state index in [2.05, 4.69) is 9.97 Å². The van der Waals surface area contributed by atoms with Crippen molar-refractivity contribution in [2.45, 2.75) is 19.6 Å². The second kappa shape index (κ2) is 7.52. The number of halogens is 2. The highest BCUT2D eigenvalue weighted by molar-refractivity contribution is 5.97. The summed E-state index contributed by atoms with van der Waals surface area (Å²) < 4.78 is 45.5. The van der Waals surface area contributed by atoms with Gasteiger partial charge in [-0.3, -0.25) is 14.8 Å². The van der Waals surface area contributed by atoms with Crippen molar-refractivity contribution in [3.63, 3.8) is 0 Å². The van der Waals surface area contributed by atoms with E-state index in [4.69, 9.17) is 2.74 Å². The Morgan fingerprint density at radius 2 is 1.74 bits per heavy atom. The van der Waals surface area contributed by atoms with E-state index in [1.807, 2.05) is 0 Å². The molecule has 1 N–H and O–H groups in total. The summed E-state index contributed by atoms with van der Waals surface area (Å²) in [5.41, 5.74) is 1.38. The number of hydrogen-bond donors (Lipinski definition) is 1. The molecule has 0 spiro atoms. The highest BCUT2D eigenvalue weighted by atomic mass is 19.1. The number of fused-ring (bicyclic) bond motifs is 2. The van der Waals surface area contributed by atoms with Crippen LogP contribution in [0.1, 0.15) is 29.9 Å². The molecule has 1 aliphatic heterocycles. The van der Waals surface area contributed by atoms with Crippen LogP contribution in [0.5, 0.6) is 0 Å². The van der Waals surface area contributed by atoms with Gasteiger partial charge in [0.1, 0.15) is 11.6 Å². The number of nitrogens with zero attached hydrogens (tertiary/aromatic N) is 3. The monoisotopic (exact) mass is 419 g/mol. The molecule has 0 unspecified atom stereocenters. The molecule has 1 aliphatic rings. The molecular weight excluding hydrogens is 400 g/mol. The lowest BCUT2D eigenvalue weighted by Crippen LogP contribution is -2.24. The van der Waals surface area contributed by atoms with Crippen molar-refractivity contribution < 1.29 is 21.4 Å². The Morgan fingerprint density at radius 3 is 2.48 bits per heavy atom. The van der Waals surface area contributed by atoms with E-state index in [-0.39, 0.29) is 41.2 Å². The van der Waals surface area contributed by atoms with E-state index >= 15 is 8.78 Å². The van der Waals surface area contributed by atoms with Crippen LogP contribution in [0.3, 0.4) is 0 Å². The Bertz CT molecular complexity index is 1400. The minimum absolute atomic E-state index is 0.103. The van der Waals surface area contributed by atoms with Gasteiger partial charge in [0.25, 0.3) is 5.91 Å². The van der Waals surface area contributed by atoms with Gasteiger partial charge in [0, 0.05) is 28.9 Å². The van der Waals surface area contributed by atoms with Gasteiger partial charge in [0.05, 0.1) is 39.2 Å². The summed E-state index contributed by atoms with van der Waals surface area (Å²) in [5.74, 6) is -2.00. The zero-order valence-corrected chi connectivity index (χ0v) is 16.1. The number of carbonyl (C=O) groups is 1. The van der Waals surface area contributed by atoms with Gasteiger partial charge in [0.2, 0.25) is 0 Å². The number of hydrogen-bond acceptors (Lipinski definition) is 4. The largest absolute Gasteiger partial charge is 0.392 e. The first-order valence-electron chi connectivity index (χ1n) is 10.6. The van der Waals surface area contributed by atoms with Gasteiger partial charge >= 0.3 is 0 Å². The maximum absolute atomic E-state index is 15.0. The third-order valence-corrected chi connectivity index (χ3v) is 5.40. The summed E-state index contributed by atoms with van der Waals surface area (Å²) in [5, 5.41) is 10.5. The van der Waals surface area contributed by atoms with Gasteiger partial charge < -0.3 is 10.0 Å². The van der Waals surface area contributed by atoms with Crippen LogP contribution in [0.25, 0.3) is 22.0 Å². The van der Waals surface area contributed by atoms with Gasteiger partial charge in [-0.25, -0.2) is 8.78 Å². The van der Waals surface area contributed by atoms with Crippen molar-refractivity contribution in [3.8, 4) is 11.1 Å². The van der Waals surface area contributed by atoms with E-state index < -0.39 is 18.2 Å². The zero-order valence-electron chi connectivity index (χ0n) is 18.1. The number of aliphatic hydroxyl groups is 1. The van der Waals surface area contributed by atoms with E-state index in [9.17, 15) is 9.90 Å². The number of pyridine rings is 2. The van der Waals surface area contributed by atoms with Crippen LogP contribution in [0.4, 0.5) is 8.78 Å². The van der Waals surface area contributed by atoms with Gasteiger partial charge in [-0.2, -0.15) is 0 Å². The molecule has 154 valence electrons. The molecule has 0 fully saturated rings. The quantitative estimate of drug-likeness (QED) is 0.538. The van der Waals surface area contributed by atoms with Crippen molar-refractivity contribution in [2.75, 3.05) is 0 Å². The van der Waals surface area contributed by atoms with Crippen LogP contribution in [-0.4, -0.2) is 25.9 Å². The first-order chi connectivity index (χ1) is 15.7. The predicted octanol–water partition coefficient (Wildman–Crippen LogP) is 4.22. The lowest BCUT2D eigenvalue weighted by molar-refractivity contribution is 0.0763. The second-order valence-electron chi connectivity index (χ2n) is 7.29. The molecule has 31 heavy (non-hydrogen) atoms. The molecule has 0 atom stereocenters. The smallest absolute Gasteiger partial charge is 0.256 e. The van der Waals surface area contributed by atoms with E-state index in [0.717, 1.165) is 12.1 Å². The van der Waals surface area contributed by atoms with Gasteiger partial charge in [-0.1, -0.05) is 6.07 Å². The van der Waals surface area contributed by atoms with Crippen molar-refractivity contribution in [1.29, 1.82) is 0 Å². The lowest BCUT2D eigenvalue weighted by Gasteiger charge is -2.17. The molecule has 2 aromatic heterocycles. The van der Waals surface area contributed by atoms with E-state index in [1.165, 1.54) is 17.2 Å². The van der Waals surface area contributed by atoms with Crippen LogP contribution in [0.15, 0.2) is 60.9 Å². The van der Waals surface area contributed by atoms with Crippen LogP contribution in [0.2, 0.25) is 0 Å². The number of benzene rings is 2. The zero-order chi connectivity index (χ0) is 23.3. The molecule has 0 aliphatic carbocycles. The number of carbonyl (C=O) groups excluding carboxylic acids is 1. The Labute approximate surface area is 179 Å². The molecule has 1 amide bonds. The number of rotatable bonds is 4. The Balaban J connectivity index is 1.52. The molecule has 4 aromatic rings.